The van der Waals surface area contributed by atoms with Crippen molar-refractivity contribution < 1.29 is 27.4 Å². The molecule has 3 rings (SSSR count). The molecule has 2 aromatic rings. The van der Waals surface area contributed by atoms with E-state index >= 15 is 0 Å². The zero-order valence-corrected chi connectivity index (χ0v) is 14.3. The van der Waals surface area contributed by atoms with Gasteiger partial charge in [0.05, 0.1) is 4.90 Å². The molecule has 0 aliphatic carbocycles. The molecule has 1 aliphatic rings. The van der Waals surface area contributed by atoms with Crippen molar-refractivity contribution in [1.29, 1.82) is 0 Å². The lowest BCUT2D eigenvalue weighted by Gasteiger charge is -2.18. The lowest BCUT2D eigenvalue weighted by Crippen LogP contribution is -2.32. The van der Waals surface area contributed by atoms with Crippen LogP contribution in [0.25, 0.3) is 0 Å². The van der Waals surface area contributed by atoms with Gasteiger partial charge in [0.1, 0.15) is 25.5 Å². The van der Waals surface area contributed by atoms with Crippen molar-refractivity contribution in [3.05, 3.63) is 48.0 Å². The third kappa shape index (κ3) is 4.28. The highest BCUT2D eigenvalue weighted by Gasteiger charge is 2.20. The molecular weight excluding hydrogens is 346 g/mol. The molecule has 25 heavy (non-hydrogen) atoms. The average molecular weight is 363 g/mol. The highest BCUT2D eigenvalue weighted by Crippen LogP contribution is 2.32. The molecule has 0 fully saturated rings. The summed E-state index contributed by atoms with van der Waals surface area (Å²) in [6.45, 7) is 2.20. The van der Waals surface area contributed by atoms with Crippen LogP contribution in [0.5, 0.6) is 17.2 Å². The summed E-state index contributed by atoms with van der Waals surface area (Å²) in [7, 11) is -3.87. The average Bonchev–Trinajstić information content (AvgIpc) is 2.62. The van der Waals surface area contributed by atoms with Crippen molar-refractivity contribution in [2.45, 2.75) is 11.8 Å². The molecule has 1 N–H and O–H groups in total. The summed E-state index contributed by atoms with van der Waals surface area (Å²) < 4.78 is 42.6. The maximum Gasteiger partial charge on any atom is 0.326 e. The molecule has 2 aromatic carbocycles. The minimum Gasteiger partial charge on any atom is -0.486 e. The topological polar surface area (TPSA) is 90.9 Å². The molecule has 1 aliphatic heterocycles. The van der Waals surface area contributed by atoms with Gasteiger partial charge < -0.3 is 14.2 Å². The summed E-state index contributed by atoms with van der Waals surface area (Å²) in [5, 5.41) is 0. The fourth-order valence-electron chi connectivity index (χ4n) is 2.20. The van der Waals surface area contributed by atoms with Crippen molar-refractivity contribution >= 4 is 16.0 Å². The molecule has 0 saturated carbocycles. The predicted molar refractivity (Wildman–Crippen MR) is 89.4 cm³/mol. The summed E-state index contributed by atoms with van der Waals surface area (Å²) in [4.78, 5) is 11.8. The van der Waals surface area contributed by atoms with Crippen LogP contribution in [-0.4, -0.2) is 34.1 Å². The molecule has 0 amide bonds. The Balaban J connectivity index is 1.63. The molecule has 0 atom stereocenters. The molecular formula is C17H17NO6S. The number of rotatable bonds is 5. The number of fused-ring (bicyclic) bond motifs is 1. The van der Waals surface area contributed by atoms with E-state index < -0.39 is 22.5 Å². The summed E-state index contributed by atoms with van der Waals surface area (Å²) in [6.07, 6.45) is 0. The maximum atomic E-state index is 12.3. The van der Waals surface area contributed by atoms with Gasteiger partial charge in [0.25, 0.3) is 0 Å². The molecule has 0 radical (unpaired) electrons. The van der Waals surface area contributed by atoms with Crippen LogP contribution in [0.15, 0.2) is 47.4 Å². The summed E-state index contributed by atoms with van der Waals surface area (Å²) >= 11 is 0. The van der Waals surface area contributed by atoms with Crippen molar-refractivity contribution in [2.24, 2.45) is 0 Å². The van der Waals surface area contributed by atoms with Crippen LogP contribution in [0.3, 0.4) is 0 Å². The Bertz CT molecular complexity index is 877. The molecule has 0 bridgehead atoms. The van der Waals surface area contributed by atoms with Gasteiger partial charge in [-0.1, -0.05) is 17.7 Å². The Hall–Kier alpha value is -2.58. The number of hydrogen-bond donors (Lipinski definition) is 1. The van der Waals surface area contributed by atoms with Crippen molar-refractivity contribution in [3.8, 4) is 17.2 Å². The summed E-state index contributed by atoms with van der Waals surface area (Å²) in [5.74, 6) is 0.499. The smallest absolute Gasteiger partial charge is 0.326 e. The fraction of sp³-hybridized carbons (Fsp3) is 0.235. The first-order chi connectivity index (χ1) is 11.9. The SMILES string of the molecule is Cc1ccc(OC(=O)CNS(=O)(=O)c2ccc3c(c2)OCCO3)cc1. The van der Waals surface area contributed by atoms with E-state index in [9.17, 15) is 13.2 Å². The number of benzene rings is 2. The van der Waals surface area contributed by atoms with Crippen LogP contribution in [0.4, 0.5) is 0 Å². The summed E-state index contributed by atoms with van der Waals surface area (Å²) in [6, 6.07) is 11.1. The van der Waals surface area contributed by atoms with Crippen LogP contribution in [0, 0.1) is 6.92 Å². The number of esters is 1. The number of hydrogen-bond acceptors (Lipinski definition) is 6. The molecule has 1 heterocycles. The number of sulfonamides is 1. The molecule has 0 unspecified atom stereocenters. The number of carbonyl (C=O) groups excluding carboxylic acids is 1. The summed E-state index contributed by atoms with van der Waals surface area (Å²) in [5.41, 5.74) is 1.03. The highest BCUT2D eigenvalue weighted by molar-refractivity contribution is 7.89. The van der Waals surface area contributed by atoms with E-state index in [0.717, 1.165) is 5.56 Å². The van der Waals surface area contributed by atoms with Crippen LogP contribution < -0.4 is 18.9 Å². The predicted octanol–water partition coefficient (Wildman–Crippen LogP) is 1.65. The minimum absolute atomic E-state index is 0.0140. The van der Waals surface area contributed by atoms with Crippen molar-refractivity contribution in [3.63, 3.8) is 0 Å². The Kier molecular flexibility index (Phi) is 4.91. The van der Waals surface area contributed by atoms with Crippen LogP contribution in [0.2, 0.25) is 0 Å². The zero-order valence-electron chi connectivity index (χ0n) is 13.5. The molecule has 0 saturated heterocycles. The van der Waals surface area contributed by atoms with E-state index in [1.54, 1.807) is 24.3 Å². The molecule has 132 valence electrons. The van der Waals surface area contributed by atoms with Gasteiger partial charge in [-0.2, -0.15) is 4.72 Å². The second kappa shape index (κ2) is 7.12. The second-order valence-corrected chi connectivity index (χ2v) is 7.18. The minimum atomic E-state index is -3.87. The van der Waals surface area contributed by atoms with Gasteiger partial charge in [-0.05, 0) is 31.2 Å². The Labute approximate surface area is 145 Å². The third-order valence-corrected chi connectivity index (χ3v) is 4.88. The Morgan fingerprint density at radius 1 is 1.08 bits per heavy atom. The van der Waals surface area contributed by atoms with Gasteiger partial charge in [0.2, 0.25) is 10.0 Å². The number of aryl methyl sites for hydroxylation is 1. The van der Waals surface area contributed by atoms with Crippen molar-refractivity contribution in [1.82, 2.24) is 4.72 Å². The van der Waals surface area contributed by atoms with E-state index in [1.165, 1.54) is 18.2 Å². The lowest BCUT2D eigenvalue weighted by atomic mass is 10.2. The maximum absolute atomic E-state index is 12.3. The monoisotopic (exact) mass is 363 g/mol. The van der Waals surface area contributed by atoms with E-state index in [4.69, 9.17) is 14.2 Å². The van der Waals surface area contributed by atoms with Gasteiger partial charge in [0.15, 0.2) is 11.5 Å². The Morgan fingerprint density at radius 2 is 1.76 bits per heavy atom. The van der Waals surface area contributed by atoms with Crippen molar-refractivity contribution in [2.75, 3.05) is 19.8 Å². The van der Waals surface area contributed by atoms with E-state index in [0.29, 0.717) is 30.5 Å². The largest absolute Gasteiger partial charge is 0.486 e. The van der Waals surface area contributed by atoms with E-state index in [2.05, 4.69) is 4.72 Å². The zero-order chi connectivity index (χ0) is 17.9. The first kappa shape index (κ1) is 17.2. The quantitative estimate of drug-likeness (QED) is 0.642. The molecule has 7 nitrogen and oxygen atoms in total. The first-order valence-electron chi connectivity index (χ1n) is 7.61. The van der Waals surface area contributed by atoms with Crippen LogP contribution in [-0.2, 0) is 14.8 Å². The normalized spacial score (nSPS) is 13.3. The third-order valence-electron chi connectivity index (χ3n) is 3.48. The Morgan fingerprint density at radius 3 is 2.48 bits per heavy atom. The van der Waals surface area contributed by atoms with Gasteiger partial charge in [-0.3, -0.25) is 4.79 Å². The van der Waals surface area contributed by atoms with E-state index in [1.807, 2.05) is 6.92 Å². The van der Waals surface area contributed by atoms with Crippen LogP contribution >= 0.6 is 0 Å². The standard InChI is InChI=1S/C17H17NO6S/c1-12-2-4-13(5-3-12)24-17(19)11-18-25(20,21)14-6-7-15-16(10-14)23-9-8-22-15/h2-7,10,18H,8-9,11H2,1H3. The number of nitrogens with one attached hydrogen (secondary N) is 1. The van der Waals surface area contributed by atoms with Gasteiger partial charge in [-0.25, -0.2) is 8.42 Å². The van der Waals surface area contributed by atoms with Gasteiger partial charge >= 0.3 is 5.97 Å². The number of ether oxygens (including phenoxy) is 3. The fourth-order valence-corrected chi connectivity index (χ4v) is 3.19. The second-order valence-electron chi connectivity index (χ2n) is 5.42. The lowest BCUT2D eigenvalue weighted by molar-refractivity contribution is -0.133. The molecule has 8 heteroatoms. The van der Waals surface area contributed by atoms with Gasteiger partial charge in [-0.15, -0.1) is 0 Å². The first-order valence-corrected chi connectivity index (χ1v) is 9.09. The van der Waals surface area contributed by atoms with Gasteiger partial charge in [0, 0.05) is 6.07 Å². The van der Waals surface area contributed by atoms with E-state index in [-0.39, 0.29) is 4.90 Å². The molecule has 0 spiro atoms. The molecule has 0 aromatic heterocycles. The van der Waals surface area contributed by atoms with Crippen LogP contribution in [0.1, 0.15) is 5.56 Å². The number of carbonyl (C=O) groups is 1. The highest BCUT2D eigenvalue weighted by atomic mass is 32.2.